The zero-order valence-electron chi connectivity index (χ0n) is 13.7. The molecule has 0 saturated heterocycles. The minimum Gasteiger partial charge on any atom is -0.347 e. The number of nitrogens with two attached hydrogens (primary N) is 1. The van der Waals surface area contributed by atoms with Gasteiger partial charge in [0.1, 0.15) is 0 Å². The molecule has 2 aromatic rings. The molecule has 0 aliphatic carbocycles. The van der Waals surface area contributed by atoms with Crippen LogP contribution in [0.25, 0.3) is 0 Å². The number of amides is 2. The second kappa shape index (κ2) is 9.42. The van der Waals surface area contributed by atoms with Crippen LogP contribution in [0.15, 0.2) is 41.8 Å². The minimum atomic E-state index is -0.0864. The highest BCUT2D eigenvalue weighted by Gasteiger charge is 2.16. The first kappa shape index (κ1) is 20.2. The number of thiophene rings is 1. The monoisotopic (exact) mass is 367 g/mol. The summed E-state index contributed by atoms with van der Waals surface area (Å²) in [5.41, 5.74) is 7.15. The fourth-order valence-electron chi connectivity index (χ4n) is 2.00. The lowest BCUT2D eigenvalue weighted by Gasteiger charge is -2.23. The van der Waals surface area contributed by atoms with E-state index in [2.05, 4.69) is 5.32 Å². The summed E-state index contributed by atoms with van der Waals surface area (Å²) in [6.07, 6.45) is 0. The first-order valence-electron chi connectivity index (χ1n) is 7.40. The van der Waals surface area contributed by atoms with E-state index < -0.39 is 0 Å². The van der Waals surface area contributed by atoms with Crippen molar-refractivity contribution >= 4 is 35.6 Å². The van der Waals surface area contributed by atoms with Crippen LogP contribution in [0.4, 0.5) is 0 Å². The first-order chi connectivity index (χ1) is 11.0. The largest absolute Gasteiger partial charge is 0.347 e. The molecular formula is C17H22ClN3O2S. The van der Waals surface area contributed by atoms with Crippen molar-refractivity contribution in [1.82, 2.24) is 10.2 Å². The van der Waals surface area contributed by atoms with Gasteiger partial charge in [0.2, 0.25) is 0 Å². The number of hydrogen-bond donors (Lipinski definition) is 2. The fraction of sp³-hybridized carbons (Fsp3) is 0.294. The Kier molecular flexibility index (Phi) is 7.91. The van der Waals surface area contributed by atoms with Gasteiger partial charge in [0.25, 0.3) is 11.8 Å². The Morgan fingerprint density at radius 1 is 1.25 bits per heavy atom. The molecule has 2 rings (SSSR count). The minimum absolute atomic E-state index is 0. The summed E-state index contributed by atoms with van der Waals surface area (Å²) in [6.45, 7) is 2.77. The molecule has 0 spiro atoms. The molecule has 1 aromatic carbocycles. The van der Waals surface area contributed by atoms with Gasteiger partial charge in [0.15, 0.2) is 0 Å². The molecular weight excluding hydrogens is 346 g/mol. The van der Waals surface area contributed by atoms with Crippen molar-refractivity contribution in [2.75, 3.05) is 13.6 Å². The molecule has 0 aliphatic rings. The highest BCUT2D eigenvalue weighted by molar-refractivity contribution is 7.12. The number of likely N-dealkylation sites (N-methyl/N-ethyl adjacent to an activating group) is 1. The summed E-state index contributed by atoms with van der Waals surface area (Å²) >= 11 is 1.41. The molecule has 3 N–H and O–H groups in total. The Labute approximate surface area is 152 Å². The van der Waals surface area contributed by atoms with Crippen LogP contribution < -0.4 is 11.1 Å². The molecule has 1 unspecified atom stereocenters. The maximum absolute atomic E-state index is 12.3. The molecule has 0 aliphatic heterocycles. The molecule has 1 heterocycles. The number of carbonyl (C=O) groups is 2. The van der Waals surface area contributed by atoms with Gasteiger partial charge >= 0.3 is 0 Å². The summed E-state index contributed by atoms with van der Waals surface area (Å²) in [7, 11) is 1.75. The maximum Gasteiger partial charge on any atom is 0.261 e. The second-order valence-corrected chi connectivity index (χ2v) is 6.31. The number of benzene rings is 1. The van der Waals surface area contributed by atoms with Crippen LogP contribution in [0.3, 0.4) is 0 Å². The quantitative estimate of drug-likeness (QED) is 0.823. The Morgan fingerprint density at radius 2 is 1.92 bits per heavy atom. The number of rotatable bonds is 6. The van der Waals surface area contributed by atoms with Gasteiger partial charge in [-0.05, 0) is 36.1 Å². The summed E-state index contributed by atoms with van der Waals surface area (Å²) in [6, 6.07) is 10.9. The first-order valence-corrected chi connectivity index (χ1v) is 8.28. The van der Waals surface area contributed by atoms with Crippen molar-refractivity contribution < 1.29 is 9.59 Å². The van der Waals surface area contributed by atoms with Crippen LogP contribution in [0, 0.1) is 0 Å². The number of nitrogens with zero attached hydrogens (tertiary/aromatic N) is 1. The van der Waals surface area contributed by atoms with E-state index in [0.29, 0.717) is 23.5 Å². The average molecular weight is 368 g/mol. The zero-order chi connectivity index (χ0) is 16.8. The second-order valence-electron chi connectivity index (χ2n) is 5.36. The molecule has 5 nitrogen and oxygen atoms in total. The summed E-state index contributed by atoms with van der Waals surface area (Å²) in [5, 5.41) is 4.73. The Bertz CT molecular complexity index is 659. The summed E-state index contributed by atoms with van der Waals surface area (Å²) in [4.78, 5) is 26.5. The maximum atomic E-state index is 12.3. The molecule has 0 radical (unpaired) electrons. The highest BCUT2D eigenvalue weighted by atomic mass is 35.5. The van der Waals surface area contributed by atoms with Crippen molar-refractivity contribution in [1.29, 1.82) is 0 Å². The Balaban J connectivity index is 0.00000288. The Hall–Kier alpha value is -1.89. The normalized spacial score (nSPS) is 11.3. The van der Waals surface area contributed by atoms with Crippen LogP contribution >= 0.6 is 23.7 Å². The van der Waals surface area contributed by atoms with Gasteiger partial charge in [-0.25, -0.2) is 0 Å². The topological polar surface area (TPSA) is 75.4 Å². The molecule has 0 bridgehead atoms. The molecule has 24 heavy (non-hydrogen) atoms. The fourth-order valence-corrected chi connectivity index (χ4v) is 2.64. The van der Waals surface area contributed by atoms with Gasteiger partial charge in [0, 0.05) is 31.7 Å². The van der Waals surface area contributed by atoms with Gasteiger partial charge in [-0.2, -0.15) is 0 Å². The van der Waals surface area contributed by atoms with Gasteiger partial charge in [-0.15, -0.1) is 23.7 Å². The van der Waals surface area contributed by atoms with E-state index in [1.807, 2.05) is 30.5 Å². The van der Waals surface area contributed by atoms with E-state index in [1.165, 1.54) is 11.3 Å². The third-order valence-corrected chi connectivity index (χ3v) is 4.59. The average Bonchev–Trinajstić information content (AvgIpc) is 3.12. The third-order valence-electron chi connectivity index (χ3n) is 3.72. The van der Waals surface area contributed by atoms with E-state index in [-0.39, 0.29) is 30.3 Å². The van der Waals surface area contributed by atoms with E-state index in [9.17, 15) is 9.59 Å². The molecule has 0 saturated carbocycles. The molecule has 130 valence electrons. The highest BCUT2D eigenvalue weighted by Crippen LogP contribution is 2.10. The van der Waals surface area contributed by atoms with E-state index >= 15 is 0 Å². The predicted molar refractivity (Wildman–Crippen MR) is 99.8 cm³/mol. The number of hydrogen-bond acceptors (Lipinski definition) is 4. The van der Waals surface area contributed by atoms with Crippen molar-refractivity contribution in [2.45, 2.75) is 19.5 Å². The molecule has 1 aromatic heterocycles. The predicted octanol–water partition coefficient (Wildman–Crippen LogP) is 2.52. The molecule has 1 atom stereocenters. The van der Waals surface area contributed by atoms with Crippen LogP contribution in [0.2, 0.25) is 0 Å². The van der Waals surface area contributed by atoms with E-state index in [0.717, 1.165) is 5.56 Å². The van der Waals surface area contributed by atoms with Crippen molar-refractivity contribution in [3.05, 3.63) is 57.8 Å². The third kappa shape index (κ3) is 5.06. The number of nitrogens with one attached hydrogen (secondary N) is 1. The number of halogens is 1. The lowest BCUT2D eigenvalue weighted by molar-refractivity contribution is 0.0748. The standard InChI is InChI=1S/C17H21N3O2S.ClH/c1-12(10-18)20(2)17(22)14-7-5-13(6-8-14)11-19-16(21)15-4-3-9-23-15;/h3-9,12H,10-11,18H2,1-2H3,(H,19,21);1H. The van der Waals surface area contributed by atoms with Crippen LogP contribution in [-0.2, 0) is 6.54 Å². The smallest absolute Gasteiger partial charge is 0.261 e. The molecule has 2 amide bonds. The number of carbonyl (C=O) groups excluding carboxylic acids is 2. The van der Waals surface area contributed by atoms with Gasteiger partial charge in [0.05, 0.1) is 4.88 Å². The van der Waals surface area contributed by atoms with Crippen molar-refractivity contribution in [2.24, 2.45) is 5.73 Å². The lowest BCUT2D eigenvalue weighted by atomic mass is 10.1. The zero-order valence-corrected chi connectivity index (χ0v) is 15.3. The van der Waals surface area contributed by atoms with Gasteiger partial charge in [-0.3, -0.25) is 9.59 Å². The van der Waals surface area contributed by atoms with Crippen molar-refractivity contribution in [3.8, 4) is 0 Å². The van der Waals surface area contributed by atoms with Gasteiger partial charge < -0.3 is 16.0 Å². The van der Waals surface area contributed by atoms with E-state index in [1.54, 1.807) is 30.1 Å². The Morgan fingerprint density at radius 3 is 2.46 bits per heavy atom. The van der Waals surface area contributed by atoms with Crippen LogP contribution in [0.5, 0.6) is 0 Å². The molecule has 0 fully saturated rings. The van der Waals surface area contributed by atoms with Crippen LogP contribution in [-0.4, -0.2) is 36.3 Å². The van der Waals surface area contributed by atoms with Gasteiger partial charge in [-0.1, -0.05) is 18.2 Å². The van der Waals surface area contributed by atoms with Crippen LogP contribution in [0.1, 0.15) is 32.5 Å². The van der Waals surface area contributed by atoms with Crippen molar-refractivity contribution in [3.63, 3.8) is 0 Å². The summed E-state index contributed by atoms with van der Waals surface area (Å²) in [5.74, 6) is -0.145. The van der Waals surface area contributed by atoms with E-state index in [4.69, 9.17) is 5.73 Å². The SMILES string of the molecule is CC(CN)N(C)C(=O)c1ccc(CNC(=O)c2cccs2)cc1.Cl. The molecule has 7 heteroatoms. The summed E-state index contributed by atoms with van der Waals surface area (Å²) < 4.78 is 0. The lowest BCUT2D eigenvalue weighted by Crippen LogP contribution is -2.39.